The summed E-state index contributed by atoms with van der Waals surface area (Å²) >= 11 is 0. The molecular weight excluding hydrogens is 292 g/mol. The van der Waals surface area contributed by atoms with Gasteiger partial charge in [-0.15, -0.1) is 0 Å². The van der Waals surface area contributed by atoms with Crippen molar-refractivity contribution in [3.63, 3.8) is 0 Å². The highest BCUT2D eigenvalue weighted by molar-refractivity contribution is 7.87. The average Bonchev–Trinajstić information content (AvgIpc) is 2.45. The molecule has 1 unspecified atom stereocenters. The number of hydrogen-bond acceptors (Lipinski definition) is 3. The maximum absolute atomic E-state index is 12.3. The molecule has 0 aromatic heterocycles. The normalized spacial score (nSPS) is 13.3. The molecule has 0 heterocycles. The van der Waals surface area contributed by atoms with Crippen molar-refractivity contribution in [1.82, 2.24) is 9.03 Å². The van der Waals surface area contributed by atoms with E-state index in [9.17, 15) is 13.2 Å². The van der Waals surface area contributed by atoms with Crippen molar-refractivity contribution in [3.05, 3.63) is 35.9 Å². The summed E-state index contributed by atoms with van der Waals surface area (Å²) in [6.07, 6.45) is 0.111. The molecule has 0 saturated heterocycles. The molecule has 0 radical (unpaired) electrons. The highest BCUT2D eigenvalue weighted by atomic mass is 32.2. The Balaban J connectivity index is 2.94. The second-order valence-electron chi connectivity index (χ2n) is 4.60. The number of carboxylic acids is 1. The molecule has 0 amide bonds. The minimum atomic E-state index is -3.63. The number of nitrogens with one attached hydrogen (secondary N) is 1. The van der Waals surface area contributed by atoms with Crippen LogP contribution in [0.25, 0.3) is 0 Å². The van der Waals surface area contributed by atoms with Crippen molar-refractivity contribution in [3.8, 4) is 0 Å². The molecule has 0 aliphatic rings. The number of hydrogen-bond donors (Lipinski definition) is 2. The van der Waals surface area contributed by atoms with E-state index in [1.54, 1.807) is 38.1 Å². The summed E-state index contributed by atoms with van der Waals surface area (Å²) < 4.78 is 28.5. The van der Waals surface area contributed by atoms with Crippen LogP contribution >= 0.6 is 0 Å². The van der Waals surface area contributed by atoms with Crippen molar-refractivity contribution in [2.75, 3.05) is 13.1 Å². The van der Waals surface area contributed by atoms with Gasteiger partial charge < -0.3 is 5.11 Å². The second-order valence-corrected chi connectivity index (χ2v) is 6.31. The smallest absolute Gasteiger partial charge is 0.303 e. The molecule has 0 fully saturated rings. The van der Waals surface area contributed by atoms with E-state index in [4.69, 9.17) is 5.11 Å². The zero-order chi connectivity index (χ0) is 15.9. The molecule has 0 saturated carbocycles. The Morgan fingerprint density at radius 3 is 2.29 bits per heavy atom. The van der Waals surface area contributed by atoms with Gasteiger partial charge in [-0.05, 0) is 12.0 Å². The first-order chi connectivity index (χ1) is 9.90. The molecule has 7 heteroatoms. The number of carboxylic acid groups (broad SMARTS) is 1. The van der Waals surface area contributed by atoms with Gasteiger partial charge in [0.15, 0.2) is 0 Å². The van der Waals surface area contributed by atoms with Gasteiger partial charge in [0.2, 0.25) is 0 Å². The van der Waals surface area contributed by atoms with Crippen molar-refractivity contribution >= 4 is 16.2 Å². The molecule has 1 rings (SSSR count). The van der Waals surface area contributed by atoms with Crippen LogP contribution in [0.2, 0.25) is 0 Å². The lowest BCUT2D eigenvalue weighted by Crippen LogP contribution is -2.42. The van der Waals surface area contributed by atoms with Gasteiger partial charge in [-0.25, -0.2) is 0 Å². The molecule has 2 N–H and O–H groups in total. The molecule has 0 aliphatic carbocycles. The third-order valence-electron chi connectivity index (χ3n) is 3.19. The van der Waals surface area contributed by atoms with Crippen LogP contribution in [0.3, 0.4) is 0 Å². The fraction of sp³-hybridized carbons (Fsp3) is 0.500. The highest BCUT2D eigenvalue weighted by Gasteiger charge is 2.24. The number of nitrogens with zero attached hydrogens (tertiary/aromatic N) is 1. The highest BCUT2D eigenvalue weighted by Crippen LogP contribution is 2.20. The van der Waals surface area contributed by atoms with Gasteiger partial charge in [0.1, 0.15) is 0 Å². The van der Waals surface area contributed by atoms with Crippen LogP contribution in [0.15, 0.2) is 30.3 Å². The largest absolute Gasteiger partial charge is 0.481 e. The summed E-state index contributed by atoms with van der Waals surface area (Å²) in [5.41, 5.74) is 0.759. The average molecular weight is 314 g/mol. The van der Waals surface area contributed by atoms with E-state index in [0.29, 0.717) is 13.1 Å². The zero-order valence-electron chi connectivity index (χ0n) is 12.3. The number of aliphatic carboxylic acids is 1. The quantitative estimate of drug-likeness (QED) is 0.727. The lowest BCUT2D eigenvalue weighted by molar-refractivity contribution is -0.137. The number of rotatable bonds is 9. The molecule has 6 nitrogen and oxygen atoms in total. The van der Waals surface area contributed by atoms with Gasteiger partial charge in [0.05, 0.1) is 0 Å². The van der Waals surface area contributed by atoms with Gasteiger partial charge in [0, 0.05) is 25.6 Å². The van der Waals surface area contributed by atoms with Crippen LogP contribution in [0.5, 0.6) is 0 Å². The predicted octanol–water partition coefficient (Wildman–Crippen LogP) is 1.77. The fourth-order valence-electron chi connectivity index (χ4n) is 2.06. The van der Waals surface area contributed by atoms with Crippen LogP contribution in [0.1, 0.15) is 38.3 Å². The molecule has 0 spiro atoms. The number of benzene rings is 1. The lowest BCUT2D eigenvalue weighted by Gasteiger charge is -2.24. The standard InChI is InChI=1S/C14H22N2O4S/c1-3-16(4-2)21(19,20)15-13(10-11-14(17)18)12-8-6-5-7-9-12/h5-9,13,15H,3-4,10-11H2,1-2H3,(H,17,18). The van der Waals surface area contributed by atoms with Crippen LogP contribution in [-0.4, -0.2) is 36.9 Å². The van der Waals surface area contributed by atoms with E-state index in [1.807, 2.05) is 6.07 Å². The molecule has 21 heavy (non-hydrogen) atoms. The SMILES string of the molecule is CCN(CC)S(=O)(=O)NC(CCC(=O)O)c1ccccc1. The van der Waals surface area contributed by atoms with E-state index >= 15 is 0 Å². The third-order valence-corrected chi connectivity index (χ3v) is 4.96. The summed E-state index contributed by atoms with van der Waals surface area (Å²) in [5.74, 6) is -0.946. The minimum absolute atomic E-state index is 0.0969. The topological polar surface area (TPSA) is 86.7 Å². The van der Waals surface area contributed by atoms with Crippen molar-refractivity contribution in [2.45, 2.75) is 32.7 Å². The van der Waals surface area contributed by atoms with Crippen LogP contribution in [0.4, 0.5) is 0 Å². The Morgan fingerprint density at radius 2 is 1.81 bits per heavy atom. The molecule has 1 atom stereocenters. The predicted molar refractivity (Wildman–Crippen MR) is 81.0 cm³/mol. The Bertz CT molecular complexity index is 541. The third kappa shape index (κ3) is 5.45. The molecule has 1 aromatic carbocycles. The molecular formula is C14H22N2O4S. The van der Waals surface area contributed by atoms with E-state index in [-0.39, 0.29) is 12.8 Å². The van der Waals surface area contributed by atoms with E-state index in [1.165, 1.54) is 4.31 Å². The Kier molecular flexibility index (Phi) is 6.80. The van der Waals surface area contributed by atoms with Gasteiger partial charge in [-0.3, -0.25) is 4.79 Å². The number of carbonyl (C=O) groups is 1. The molecule has 1 aromatic rings. The first-order valence-electron chi connectivity index (χ1n) is 6.94. The minimum Gasteiger partial charge on any atom is -0.481 e. The first-order valence-corrected chi connectivity index (χ1v) is 8.38. The Labute approximate surface area is 126 Å². The fourth-order valence-corrected chi connectivity index (χ4v) is 3.51. The molecule has 0 aliphatic heterocycles. The van der Waals surface area contributed by atoms with E-state index in [0.717, 1.165) is 5.56 Å². The maximum atomic E-state index is 12.3. The van der Waals surface area contributed by atoms with Crippen molar-refractivity contribution in [1.29, 1.82) is 0 Å². The second kappa shape index (κ2) is 8.11. The van der Waals surface area contributed by atoms with E-state index < -0.39 is 22.2 Å². The molecule has 118 valence electrons. The van der Waals surface area contributed by atoms with Crippen LogP contribution < -0.4 is 4.72 Å². The summed E-state index contributed by atoms with van der Waals surface area (Å²) in [7, 11) is -3.63. The Morgan fingerprint density at radius 1 is 1.24 bits per heavy atom. The summed E-state index contributed by atoms with van der Waals surface area (Å²) in [6, 6.07) is 8.46. The Hall–Kier alpha value is -1.44. The van der Waals surface area contributed by atoms with Gasteiger partial charge >= 0.3 is 5.97 Å². The molecule has 0 bridgehead atoms. The van der Waals surface area contributed by atoms with Gasteiger partial charge in [-0.2, -0.15) is 17.4 Å². The van der Waals surface area contributed by atoms with Gasteiger partial charge in [-0.1, -0.05) is 44.2 Å². The van der Waals surface area contributed by atoms with Crippen LogP contribution in [-0.2, 0) is 15.0 Å². The lowest BCUT2D eigenvalue weighted by atomic mass is 10.0. The zero-order valence-corrected chi connectivity index (χ0v) is 13.1. The monoisotopic (exact) mass is 314 g/mol. The first kappa shape index (κ1) is 17.6. The van der Waals surface area contributed by atoms with Crippen molar-refractivity contribution < 1.29 is 18.3 Å². The van der Waals surface area contributed by atoms with Crippen LogP contribution in [0, 0.1) is 0 Å². The summed E-state index contributed by atoms with van der Waals surface area (Å²) in [5, 5.41) is 8.82. The summed E-state index contributed by atoms with van der Waals surface area (Å²) in [6.45, 7) is 4.26. The summed E-state index contributed by atoms with van der Waals surface area (Å²) in [4.78, 5) is 10.8. The van der Waals surface area contributed by atoms with Crippen molar-refractivity contribution in [2.24, 2.45) is 0 Å². The maximum Gasteiger partial charge on any atom is 0.303 e. The van der Waals surface area contributed by atoms with E-state index in [2.05, 4.69) is 4.72 Å². The van der Waals surface area contributed by atoms with Gasteiger partial charge in [0.25, 0.3) is 10.2 Å².